The molecule has 0 saturated heterocycles. The Morgan fingerprint density at radius 2 is 1.89 bits per heavy atom. The Morgan fingerprint density at radius 3 is 2.50 bits per heavy atom. The smallest absolute Gasteiger partial charge is 0.310 e. The molecule has 2 unspecified atom stereocenters. The maximum atomic E-state index is 11.0. The van der Waals surface area contributed by atoms with Crippen molar-refractivity contribution < 1.29 is 15.0 Å². The van der Waals surface area contributed by atoms with Crippen molar-refractivity contribution in [3.8, 4) is 0 Å². The van der Waals surface area contributed by atoms with Crippen molar-refractivity contribution in [2.45, 2.75) is 44.6 Å². The summed E-state index contributed by atoms with van der Waals surface area (Å²) in [5.74, 6) is -1.02. The van der Waals surface area contributed by atoms with Gasteiger partial charge in [-0.15, -0.1) is 0 Å². The molecule has 0 spiro atoms. The highest BCUT2D eigenvalue weighted by atomic mass is 16.4. The van der Waals surface area contributed by atoms with Crippen LogP contribution in [0.5, 0.6) is 0 Å². The van der Waals surface area contributed by atoms with E-state index in [1.54, 1.807) is 6.92 Å². The lowest BCUT2D eigenvalue weighted by atomic mass is 9.91. The van der Waals surface area contributed by atoms with E-state index in [-0.39, 0.29) is 0 Å². The monoisotopic (exact) mass is 248 g/mol. The van der Waals surface area contributed by atoms with E-state index in [9.17, 15) is 9.90 Å². The molecule has 0 heterocycles. The molecule has 2 atom stereocenters. The van der Waals surface area contributed by atoms with Gasteiger partial charge >= 0.3 is 5.97 Å². The summed E-state index contributed by atoms with van der Waals surface area (Å²) >= 11 is 0. The lowest BCUT2D eigenvalue weighted by Gasteiger charge is -2.19. The first-order valence-electron chi connectivity index (χ1n) is 6.60. The van der Waals surface area contributed by atoms with Gasteiger partial charge in [0, 0.05) is 0 Å². The Kier molecular flexibility index (Phi) is 4.02. The van der Waals surface area contributed by atoms with Crippen molar-refractivity contribution in [3.05, 3.63) is 35.4 Å². The number of hydrogen-bond donors (Lipinski definition) is 2. The molecule has 2 N–H and O–H groups in total. The van der Waals surface area contributed by atoms with Gasteiger partial charge in [-0.05, 0) is 36.8 Å². The number of carboxylic acids is 1. The van der Waals surface area contributed by atoms with E-state index in [4.69, 9.17) is 5.11 Å². The molecule has 1 aromatic carbocycles. The third kappa shape index (κ3) is 2.72. The van der Waals surface area contributed by atoms with Crippen molar-refractivity contribution in [3.63, 3.8) is 0 Å². The van der Waals surface area contributed by atoms with Gasteiger partial charge < -0.3 is 10.2 Å². The molecule has 0 bridgehead atoms. The molecule has 2 rings (SSSR count). The van der Waals surface area contributed by atoms with E-state index in [2.05, 4.69) is 0 Å². The van der Waals surface area contributed by atoms with Gasteiger partial charge in [-0.3, -0.25) is 4.79 Å². The molecule has 1 aromatic rings. The average molecular weight is 248 g/mol. The lowest BCUT2D eigenvalue weighted by molar-refractivity contribution is -0.138. The Morgan fingerprint density at radius 1 is 1.28 bits per heavy atom. The SMILES string of the molecule is CC(C(=O)O)c1cccc(C(O)C2CCCC2)c1. The molecule has 0 aromatic heterocycles. The summed E-state index contributed by atoms with van der Waals surface area (Å²) in [5.41, 5.74) is 1.62. The predicted molar refractivity (Wildman–Crippen MR) is 69.4 cm³/mol. The Balaban J connectivity index is 2.18. The molecule has 98 valence electrons. The zero-order valence-corrected chi connectivity index (χ0v) is 10.7. The number of aliphatic hydroxyl groups excluding tert-OH is 1. The van der Waals surface area contributed by atoms with Crippen LogP contribution < -0.4 is 0 Å². The van der Waals surface area contributed by atoms with Crippen LogP contribution in [0.2, 0.25) is 0 Å². The van der Waals surface area contributed by atoms with E-state index in [0.29, 0.717) is 5.92 Å². The molecule has 1 saturated carbocycles. The second-order valence-corrected chi connectivity index (χ2v) is 5.22. The minimum absolute atomic E-state index is 0.334. The number of rotatable bonds is 4. The quantitative estimate of drug-likeness (QED) is 0.860. The minimum atomic E-state index is -0.831. The maximum absolute atomic E-state index is 11.0. The highest BCUT2D eigenvalue weighted by molar-refractivity contribution is 5.75. The Bertz CT molecular complexity index is 422. The van der Waals surface area contributed by atoms with Crippen LogP contribution in [0.1, 0.15) is 55.8 Å². The summed E-state index contributed by atoms with van der Waals surface area (Å²) < 4.78 is 0. The molecule has 1 aliphatic rings. The van der Waals surface area contributed by atoms with Gasteiger partial charge in [-0.25, -0.2) is 0 Å². The van der Waals surface area contributed by atoms with Gasteiger partial charge in [-0.1, -0.05) is 37.1 Å². The van der Waals surface area contributed by atoms with Crippen LogP contribution in [-0.4, -0.2) is 16.2 Å². The van der Waals surface area contributed by atoms with Gasteiger partial charge in [0.2, 0.25) is 0 Å². The summed E-state index contributed by atoms with van der Waals surface area (Å²) in [6.07, 6.45) is 4.06. The van der Waals surface area contributed by atoms with Gasteiger partial charge in [0.25, 0.3) is 0 Å². The van der Waals surface area contributed by atoms with Crippen molar-refractivity contribution in [1.29, 1.82) is 0 Å². The highest BCUT2D eigenvalue weighted by Gasteiger charge is 2.25. The first-order valence-corrected chi connectivity index (χ1v) is 6.60. The van der Waals surface area contributed by atoms with E-state index in [0.717, 1.165) is 24.0 Å². The van der Waals surface area contributed by atoms with Crippen LogP contribution in [0.4, 0.5) is 0 Å². The average Bonchev–Trinajstić information content (AvgIpc) is 2.91. The van der Waals surface area contributed by atoms with Crippen LogP contribution in [0.3, 0.4) is 0 Å². The van der Waals surface area contributed by atoms with Crippen molar-refractivity contribution >= 4 is 5.97 Å². The Labute approximate surface area is 107 Å². The third-order valence-electron chi connectivity index (χ3n) is 3.97. The number of benzene rings is 1. The number of hydrogen-bond acceptors (Lipinski definition) is 2. The molecule has 0 aliphatic heterocycles. The highest BCUT2D eigenvalue weighted by Crippen LogP contribution is 2.36. The summed E-state index contributed by atoms with van der Waals surface area (Å²) in [5, 5.41) is 19.3. The molecule has 18 heavy (non-hydrogen) atoms. The van der Waals surface area contributed by atoms with Crippen molar-refractivity contribution in [1.82, 2.24) is 0 Å². The number of aliphatic carboxylic acids is 1. The topological polar surface area (TPSA) is 57.5 Å². The van der Waals surface area contributed by atoms with Crippen LogP contribution >= 0.6 is 0 Å². The van der Waals surface area contributed by atoms with Gasteiger partial charge in [0.15, 0.2) is 0 Å². The van der Waals surface area contributed by atoms with Crippen LogP contribution in [0, 0.1) is 5.92 Å². The van der Waals surface area contributed by atoms with Gasteiger partial charge in [-0.2, -0.15) is 0 Å². The fourth-order valence-corrected chi connectivity index (χ4v) is 2.70. The summed E-state index contributed by atoms with van der Waals surface area (Å²) in [6, 6.07) is 7.37. The summed E-state index contributed by atoms with van der Waals surface area (Å²) in [7, 11) is 0. The second kappa shape index (κ2) is 5.53. The Hall–Kier alpha value is -1.35. The predicted octanol–water partition coefficient (Wildman–Crippen LogP) is 3.10. The van der Waals surface area contributed by atoms with Crippen molar-refractivity contribution in [2.75, 3.05) is 0 Å². The standard InChI is InChI=1S/C15H20O3/c1-10(15(17)18)12-7-4-8-13(9-12)14(16)11-5-2-3-6-11/h4,7-11,14,16H,2-3,5-6H2,1H3,(H,17,18). The van der Waals surface area contributed by atoms with E-state index in [1.807, 2.05) is 24.3 Å². The number of carboxylic acid groups (broad SMARTS) is 1. The maximum Gasteiger partial charge on any atom is 0.310 e. The van der Waals surface area contributed by atoms with Gasteiger partial charge in [0.1, 0.15) is 0 Å². The first-order chi connectivity index (χ1) is 8.59. The number of carbonyl (C=O) groups is 1. The minimum Gasteiger partial charge on any atom is -0.481 e. The largest absolute Gasteiger partial charge is 0.481 e. The summed E-state index contributed by atoms with van der Waals surface area (Å²) in [6.45, 7) is 1.67. The molecular formula is C15H20O3. The fraction of sp³-hybridized carbons (Fsp3) is 0.533. The molecule has 1 fully saturated rings. The van der Waals surface area contributed by atoms with Crippen LogP contribution in [0.15, 0.2) is 24.3 Å². The van der Waals surface area contributed by atoms with Crippen LogP contribution in [0.25, 0.3) is 0 Å². The third-order valence-corrected chi connectivity index (χ3v) is 3.97. The number of aliphatic hydroxyl groups is 1. The molecule has 0 amide bonds. The second-order valence-electron chi connectivity index (χ2n) is 5.22. The van der Waals surface area contributed by atoms with E-state index < -0.39 is 18.0 Å². The van der Waals surface area contributed by atoms with E-state index >= 15 is 0 Å². The fourth-order valence-electron chi connectivity index (χ4n) is 2.70. The molecular weight excluding hydrogens is 228 g/mol. The molecule has 1 aliphatic carbocycles. The van der Waals surface area contributed by atoms with Crippen LogP contribution in [-0.2, 0) is 4.79 Å². The molecule has 0 radical (unpaired) electrons. The normalized spacial score (nSPS) is 19.7. The zero-order valence-electron chi connectivity index (χ0n) is 10.7. The molecule has 3 heteroatoms. The first kappa shape index (κ1) is 13.1. The lowest BCUT2D eigenvalue weighted by Crippen LogP contribution is -2.11. The molecule has 3 nitrogen and oxygen atoms in total. The zero-order chi connectivity index (χ0) is 13.1. The summed E-state index contributed by atoms with van der Waals surface area (Å²) in [4.78, 5) is 11.0. The van der Waals surface area contributed by atoms with Crippen molar-refractivity contribution in [2.24, 2.45) is 5.92 Å². The van der Waals surface area contributed by atoms with E-state index in [1.165, 1.54) is 12.8 Å². The van der Waals surface area contributed by atoms with Gasteiger partial charge in [0.05, 0.1) is 12.0 Å².